The Morgan fingerprint density at radius 1 is 1.29 bits per heavy atom. The van der Waals surface area contributed by atoms with Crippen molar-refractivity contribution in [2.45, 2.75) is 40.2 Å². The van der Waals surface area contributed by atoms with E-state index in [1.165, 1.54) is 0 Å². The highest BCUT2D eigenvalue weighted by Gasteiger charge is 2.25. The van der Waals surface area contributed by atoms with Gasteiger partial charge in [0, 0.05) is 0 Å². The van der Waals surface area contributed by atoms with E-state index in [2.05, 4.69) is 5.32 Å². The summed E-state index contributed by atoms with van der Waals surface area (Å²) in [5, 5.41) is 11.7. The maximum atomic E-state index is 11.9. The molecule has 0 radical (unpaired) electrons. The number of hydrogen-bond acceptors (Lipinski definition) is 3. The van der Waals surface area contributed by atoms with Crippen LogP contribution >= 0.6 is 0 Å². The van der Waals surface area contributed by atoms with Crippen molar-refractivity contribution in [3.05, 3.63) is 29.3 Å². The Kier molecular flexibility index (Phi) is 6.21. The standard InChI is InChI=1S/C16H23NO4/c1-5-10(2)14(16(19)20)17-13(18)9-21-15-11(3)7-6-8-12(15)4/h6-8,10,14H,5,9H2,1-4H3,(H,17,18)(H,19,20)/t10-,14-/m0/s1. The lowest BCUT2D eigenvalue weighted by atomic mass is 9.99. The summed E-state index contributed by atoms with van der Waals surface area (Å²) in [7, 11) is 0. The number of ether oxygens (including phenoxy) is 1. The first-order valence-corrected chi connectivity index (χ1v) is 7.08. The minimum atomic E-state index is -1.02. The molecule has 0 bridgehead atoms. The third-order valence-electron chi connectivity index (χ3n) is 3.55. The zero-order valence-electron chi connectivity index (χ0n) is 13.0. The van der Waals surface area contributed by atoms with Crippen LogP contribution in [0.1, 0.15) is 31.4 Å². The molecule has 0 unspecified atom stereocenters. The van der Waals surface area contributed by atoms with Gasteiger partial charge in [-0.15, -0.1) is 0 Å². The molecule has 0 spiro atoms. The summed E-state index contributed by atoms with van der Waals surface area (Å²) < 4.78 is 5.52. The van der Waals surface area contributed by atoms with Gasteiger partial charge in [0.2, 0.25) is 0 Å². The van der Waals surface area contributed by atoms with Gasteiger partial charge < -0.3 is 15.2 Å². The molecule has 0 heterocycles. The van der Waals surface area contributed by atoms with E-state index in [1.54, 1.807) is 6.92 Å². The second-order valence-corrected chi connectivity index (χ2v) is 5.28. The van der Waals surface area contributed by atoms with Crippen molar-refractivity contribution in [1.82, 2.24) is 5.32 Å². The lowest BCUT2D eigenvalue weighted by Gasteiger charge is -2.20. The lowest BCUT2D eigenvalue weighted by Crippen LogP contribution is -2.46. The van der Waals surface area contributed by atoms with Gasteiger partial charge >= 0.3 is 5.97 Å². The molecular formula is C16H23NO4. The molecule has 1 aromatic carbocycles. The Balaban J connectivity index is 2.63. The number of carbonyl (C=O) groups excluding carboxylic acids is 1. The highest BCUT2D eigenvalue weighted by atomic mass is 16.5. The zero-order chi connectivity index (χ0) is 16.0. The Bertz CT molecular complexity index is 493. The number of hydrogen-bond donors (Lipinski definition) is 2. The molecule has 0 saturated carbocycles. The number of carboxylic acids is 1. The first-order valence-electron chi connectivity index (χ1n) is 7.08. The van der Waals surface area contributed by atoms with Gasteiger partial charge in [-0.2, -0.15) is 0 Å². The maximum Gasteiger partial charge on any atom is 0.326 e. The fraction of sp³-hybridized carbons (Fsp3) is 0.500. The van der Waals surface area contributed by atoms with Crippen LogP contribution in [0.2, 0.25) is 0 Å². The lowest BCUT2D eigenvalue weighted by molar-refractivity contribution is -0.143. The quantitative estimate of drug-likeness (QED) is 0.809. The molecule has 0 aliphatic carbocycles. The molecule has 2 N–H and O–H groups in total. The second kappa shape index (κ2) is 7.67. The fourth-order valence-corrected chi connectivity index (χ4v) is 2.06. The van der Waals surface area contributed by atoms with E-state index in [0.29, 0.717) is 12.2 Å². The number of benzene rings is 1. The molecule has 1 rings (SSSR count). The van der Waals surface area contributed by atoms with E-state index in [0.717, 1.165) is 11.1 Å². The highest BCUT2D eigenvalue weighted by Crippen LogP contribution is 2.22. The number of aliphatic carboxylic acids is 1. The first-order chi connectivity index (χ1) is 9.86. The van der Waals surface area contributed by atoms with Crippen molar-refractivity contribution in [1.29, 1.82) is 0 Å². The summed E-state index contributed by atoms with van der Waals surface area (Å²) in [5.74, 6) is -0.912. The molecule has 116 valence electrons. The van der Waals surface area contributed by atoms with Crippen LogP contribution in [0.5, 0.6) is 5.75 Å². The van der Waals surface area contributed by atoms with Crippen LogP contribution in [0.25, 0.3) is 0 Å². The number of amides is 1. The largest absolute Gasteiger partial charge is 0.483 e. The average molecular weight is 293 g/mol. The highest BCUT2D eigenvalue weighted by molar-refractivity contribution is 5.84. The van der Waals surface area contributed by atoms with Gasteiger partial charge in [0.1, 0.15) is 11.8 Å². The number of nitrogens with one attached hydrogen (secondary N) is 1. The molecule has 0 aromatic heterocycles. The molecule has 0 aliphatic rings. The number of carboxylic acid groups (broad SMARTS) is 1. The molecule has 1 amide bonds. The molecule has 21 heavy (non-hydrogen) atoms. The van der Waals surface area contributed by atoms with Gasteiger partial charge in [0.15, 0.2) is 6.61 Å². The van der Waals surface area contributed by atoms with Gasteiger partial charge in [-0.3, -0.25) is 4.79 Å². The number of aryl methyl sites for hydroxylation is 2. The molecule has 1 aromatic rings. The summed E-state index contributed by atoms with van der Waals surface area (Å²) in [5.41, 5.74) is 1.89. The smallest absolute Gasteiger partial charge is 0.326 e. The molecule has 0 saturated heterocycles. The maximum absolute atomic E-state index is 11.9. The van der Waals surface area contributed by atoms with Crippen molar-refractivity contribution in [2.24, 2.45) is 5.92 Å². The van der Waals surface area contributed by atoms with Gasteiger partial charge in [0.05, 0.1) is 0 Å². The van der Waals surface area contributed by atoms with Gasteiger partial charge in [-0.05, 0) is 30.9 Å². The van der Waals surface area contributed by atoms with Crippen LogP contribution in [0.15, 0.2) is 18.2 Å². The van der Waals surface area contributed by atoms with Gasteiger partial charge in [-0.1, -0.05) is 38.5 Å². The summed E-state index contributed by atoms with van der Waals surface area (Å²) >= 11 is 0. The number of para-hydroxylation sites is 1. The fourth-order valence-electron chi connectivity index (χ4n) is 2.06. The van der Waals surface area contributed by atoms with E-state index in [4.69, 9.17) is 9.84 Å². The normalized spacial score (nSPS) is 13.3. The molecule has 5 nitrogen and oxygen atoms in total. The van der Waals surface area contributed by atoms with Crippen LogP contribution in [0, 0.1) is 19.8 Å². The van der Waals surface area contributed by atoms with Crippen LogP contribution in [0.4, 0.5) is 0 Å². The molecule has 0 aliphatic heterocycles. The minimum Gasteiger partial charge on any atom is -0.483 e. The predicted molar refractivity (Wildman–Crippen MR) is 80.4 cm³/mol. The number of rotatable bonds is 7. The Morgan fingerprint density at radius 3 is 2.33 bits per heavy atom. The van der Waals surface area contributed by atoms with Crippen LogP contribution < -0.4 is 10.1 Å². The third kappa shape index (κ3) is 4.77. The van der Waals surface area contributed by atoms with Crippen LogP contribution in [-0.2, 0) is 9.59 Å². The predicted octanol–water partition coefficient (Wildman–Crippen LogP) is 2.30. The summed E-state index contributed by atoms with van der Waals surface area (Å²) in [6, 6.07) is 4.84. The first kappa shape index (κ1) is 17.0. The third-order valence-corrected chi connectivity index (χ3v) is 3.55. The van der Waals surface area contributed by atoms with Crippen molar-refractivity contribution in [3.63, 3.8) is 0 Å². The van der Waals surface area contributed by atoms with Crippen molar-refractivity contribution in [2.75, 3.05) is 6.61 Å². The van der Waals surface area contributed by atoms with Crippen LogP contribution in [-0.4, -0.2) is 29.6 Å². The van der Waals surface area contributed by atoms with Gasteiger partial charge in [-0.25, -0.2) is 4.79 Å². The molecule has 5 heteroatoms. The number of carbonyl (C=O) groups is 2. The molecular weight excluding hydrogens is 270 g/mol. The summed E-state index contributed by atoms with van der Waals surface area (Å²) in [6.45, 7) is 7.30. The SMILES string of the molecule is CC[C@H](C)[C@H](NC(=O)COc1c(C)cccc1C)C(=O)O. The van der Waals surface area contributed by atoms with Crippen molar-refractivity contribution >= 4 is 11.9 Å². The zero-order valence-corrected chi connectivity index (χ0v) is 13.0. The topological polar surface area (TPSA) is 75.6 Å². The Morgan fingerprint density at radius 2 is 1.86 bits per heavy atom. The second-order valence-electron chi connectivity index (χ2n) is 5.28. The van der Waals surface area contributed by atoms with Crippen molar-refractivity contribution < 1.29 is 19.4 Å². The van der Waals surface area contributed by atoms with E-state index >= 15 is 0 Å². The Labute approximate surface area is 125 Å². The van der Waals surface area contributed by atoms with Gasteiger partial charge in [0.25, 0.3) is 5.91 Å². The average Bonchev–Trinajstić information content (AvgIpc) is 2.43. The van der Waals surface area contributed by atoms with E-state index in [1.807, 2.05) is 39.0 Å². The summed E-state index contributed by atoms with van der Waals surface area (Å²) in [4.78, 5) is 23.0. The molecule has 0 fully saturated rings. The van der Waals surface area contributed by atoms with E-state index < -0.39 is 17.9 Å². The monoisotopic (exact) mass is 293 g/mol. The van der Waals surface area contributed by atoms with Crippen molar-refractivity contribution in [3.8, 4) is 5.75 Å². The van der Waals surface area contributed by atoms with Crippen LogP contribution in [0.3, 0.4) is 0 Å². The summed E-state index contributed by atoms with van der Waals surface area (Å²) in [6.07, 6.45) is 0.676. The molecule has 2 atom stereocenters. The minimum absolute atomic E-state index is 0.133. The Hall–Kier alpha value is -2.04. The van der Waals surface area contributed by atoms with E-state index in [9.17, 15) is 9.59 Å². The van der Waals surface area contributed by atoms with E-state index in [-0.39, 0.29) is 12.5 Å².